The van der Waals surface area contributed by atoms with Crippen LogP contribution < -0.4 is 5.73 Å². The van der Waals surface area contributed by atoms with Crippen LogP contribution in [0.2, 0.25) is 0 Å². The van der Waals surface area contributed by atoms with E-state index in [1.54, 1.807) is 0 Å². The molecule has 1 saturated carbocycles. The van der Waals surface area contributed by atoms with Crippen molar-refractivity contribution < 1.29 is 22.7 Å². The molecule has 1 aliphatic carbocycles. The first-order chi connectivity index (χ1) is 15.1. The standard InChI is InChI=1S/C24H33F3N2O2S/c1-16-3-5-18(6-4-16)12-29(14-21-9-17(2)15-32-21)13-20-8-7-19(11-28)10-22(20)31-23(30)24(25,26)27/h3-6,9,17,19-20,22H,7-8,10-15,28H2,1-2H3. The summed E-state index contributed by atoms with van der Waals surface area (Å²) in [6, 6.07) is 8.32. The highest BCUT2D eigenvalue weighted by Crippen LogP contribution is 2.35. The molecule has 0 saturated heterocycles. The van der Waals surface area contributed by atoms with E-state index >= 15 is 0 Å². The van der Waals surface area contributed by atoms with Gasteiger partial charge in [-0.15, -0.1) is 11.8 Å². The van der Waals surface area contributed by atoms with Crippen LogP contribution >= 0.6 is 11.8 Å². The van der Waals surface area contributed by atoms with E-state index in [1.165, 1.54) is 10.5 Å². The van der Waals surface area contributed by atoms with Crippen molar-refractivity contribution in [2.75, 3.05) is 25.4 Å². The first-order valence-corrected chi connectivity index (χ1v) is 12.2. The number of hydrogen-bond acceptors (Lipinski definition) is 5. The number of halogens is 3. The predicted molar refractivity (Wildman–Crippen MR) is 122 cm³/mol. The minimum Gasteiger partial charge on any atom is -0.455 e. The second-order valence-electron chi connectivity index (χ2n) is 9.19. The fourth-order valence-corrected chi connectivity index (χ4v) is 5.66. The molecule has 32 heavy (non-hydrogen) atoms. The van der Waals surface area contributed by atoms with E-state index in [0.717, 1.165) is 24.3 Å². The summed E-state index contributed by atoms with van der Waals surface area (Å²) in [5.41, 5.74) is 8.12. The minimum atomic E-state index is -4.98. The molecule has 1 heterocycles. The summed E-state index contributed by atoms with van der Waals surface area (Å²) in [7, 11) is 0. The third-order valence-corrected chi connectivity index (χ3v) is 7.59. The number of thioether (sulfide) groups is 1. The molecule has 0 bridgehead atoms. The molecule has 0 aromatic heterocycles. The van der Waals surface area contributed by atoms with Crippen LogP contribution in [-0.4, -0.2) is 48.5 Å². The largest absolute Gasteiger partial charge is 0.490 e. The Kier molecular flexibility index (Phi) is 8.69. The highest BCUT2D eigenvalue weighted by Gasteiger charge is 2.44. The van der Waals surface area contributed by atoms with Gasteiger partial charge in [-0.1, -0.05) is 42.8 Å². The third kappa shape index (κ3) is 7.25. The zero-order chi connectivity index (χ0) is 23.3. The van der Waals surface area contributed by atoms with Gasteiger partial charge in [-0.05, 0) is 55.0 Å². The lowest BCUT2D eigenvalue weighted by atomic mass is 9.79. The van der Waals surface area contributed by atoms with Gasteiger partial charge in [0.15, 0.2) is 0 Å². The number of alkyl halides is 3. The van der Waals surface area contributed by atoms with Crippen LogP contribution in [0.1, 0.15) is 37.3 Å². The number of ether oxygens (including phenoxy) is 1. The Labute approximate surface area is 192 Å². The average molecular weight is 471 g/mol. The van der Waals surface area contributed by atoms with Gasteiger partial charge in [-0.2, -0.15) is 13.2 Å². The lowest BCUT2D eigenvalue weighted by molar-refractivity contribution is -0.209. The first-order valence-electron chi connectivity index (χ1n) is 11.2. The van der Waals surface area contributed by atoms with Crippen molar-refractivity contribution in [3.8, 4) is 0 Å². The lowest BCUT2D eigenvalue weighted by Gasteiger charge is -2.38. The summed E-state index contributed by atoms with van der Waals surface area (Å²) in [6.45, 7) is 6.64. The summed E-state index contributed by atoms with van der Waals surface area (Å²) in [6.07, 6.45) is -1.55. The molecule has 2 N–H and O–H groups in total. The van der Waals surface area contributed by atoms with Crippen LogP contribution in [0.15, 0.2) is 35.2 Å². The van der Waals surface area contributed by atoms with Crippen molar-refractivity contribution in [2.45, 2.75) is 51.9 Å². The second-order valence-corrected chi connectivity index (χ2v) is 10.3. The molecule has 1 aliphatic heterocycles. The summed E-state index contributed by atoms with van der Waals surface area (Å²) < 4.78 is 43.6. The van der Waals surface area contributed by atoms with Gasteiger partial charge in [-0.3, -0.25) is 4.90 Å². The SMILES string of the molecule is Cc1ccc(CN(CC2=CC(C)CS2)CC2CCC(CN)CC2OC(=O)C(F)(F)F)cc1. The van der Waals surface area contributed by atoms with Gasteiger partial charge < -0.3 is 10.5 Å². The molecule has 0 amide bonds. The molecule has 1 fully saturated rings. The van der Waals surface area contributed by atoms with E-state index in [1.807, 2.05) is 18.7 Å². The summed E-state index contributed by atoms with van der Waals surface area (Å²) in [5.74, 6) is -0.591. The van der Waals surface area contributed by atoms with Crippen LogP contribution in [0, 0.1) is 24.7 Å². The van der Waals surface area contributed by atoms with E-state index in [2.05, 4.69) is 42.2 Å². The highest BCUT2D eigenvalue weighted by molar-refractivity contribution is 8.03. The molecule has 4 unspecified atom stereocenters. The highest BCUT2D eigenvalue weighted by atomic mass is 32.2. The number of nitrogens with two attached hydrogens (primary N) is 1. The Bertz CT molecular complexity index is 797. The Morgan fingerprint density at radius 3 is 2.53 bits per heavy atom. The molecule has 8 heteroatoms. The maximum absolute atomic E-state index is 12.9. The second kappa shape index (κ2) is 11.1. The summed E-state index contributed by atoms with van der Waals surface area (Å²) in [5, 5.41) is 0. The average Bonchev–Trinajstić information content (AvgIpc) is 3.14. The zero-order valence-corrected chi connectivity index (χ0v) is 19.6. The van der Waals surface area contributed by atoms with Crippen molar-refractivity contribution in [1.82, 2.24) is 4.90 Å². The molecule has 178 valence electrons. The van der Waals surface area contributed by atoms with Crippen LogP contribution in [0.4, 0.5) is 13.2 Å². The number of hydrogen-bond donors (Lipinski definition) is 1. The minimum absolute atomic E-state index is 0.0803. The maximum atomic E-state index is 12.9. The first kappa shape index (κ1) is 25.1. The molecule has 4 atom stereocenters. The van der Waals surface area contributed by atoms with E-state index in [0.29, 0.717) is 38.4 Å². The van der Waals surface area contributed by atoms with Gasteiger partial charge in [0, 0.05) is 31.3 Å². The van der Waals surface area contributed by atoms with E-state index in [9.17, 15) is 18.0 Å². The van der Waals surface area contributed by atoms with Gasteiger partial charge in [0.2, 0.25) is 0 Å². The molecule has 1 aromatic rings. The van der Waals surface area contributed by atoms with E-state index in [-0.39, 0.29) is 11.8 Å². The van der Waals surface area contributed by atoms with Gasteiger partial charge >= 0.3 is 12.1 Å². The van der Waals surface area contributed by atoms with Crippen LogP contribution in [0.3, 0.4) is 0 Å². The molecule has 3 rings (SSSR count). The molecule has 0 radical (unpaired) electrons. The quantitative estimate of drug-likeness (QED) is 0.547. The lowest BCUT2D eigenvalue weighted by Crippen LogP contribution is -2.44. The normalized spacial score (nSPS) is 26.3. The van der Waals surface area contributed by atoms with Crippen LogP contribution in [-0.2, 0) is 16.1 Å². The zero-order valence-electron chi connectivity index (χ0n) is 18.7. The Hall–Kier alpha value is -1.51. The number of esters is 1. The number of allylic oxidation sites excluding steroid dienone is 1. The molecular formula is C24H33F3N2O2S. The maximum Gasteiger partial charge on any atom is 0.490 e. The molecular weight excluding hydrogens is 437 g/mol. The Balaban J connectivity index is 1.75. The number of nitrogens with zero attached hydrogens (tertiary/aromatic N) is 1. The van der Waals surface area contributed by atoms with Crippen molar-refractivity contribution in [2.24, 2.45) is 23.5 Å². The number of rotatable bonds is 8. The summed E-state index contributed by atoms with van der Waals surface area (Å²) in [4.78, 5) is 15.2. The predicted octanol–water partition coefficient (Wildman–Crippen LogP) is 4.91. The van der Waals surface area contributed by atoms with E-state index < -0.39 is 18.2 Å². The smallest absolute Gasteiger partial charge is 0.455 e. The van der Waals surface area contributed by atoms with Gasteiger partial charge in [0.25, 0.3) is 0 Å². The van der Waals surface area contributed by atoms with Gasteiger partial charge in [-0.25, -0.2) is 4.79 Å². The van der Waals surface area contributed by atoms with Crippen molar-refractivity contribution in [3.05, 3.63) is 46.4 Å². The molecule has 2 aliphatic rings. The topological polar surface area (TPSA) is 55.6 Å². The van der Waals surface area contributed by atoms with Crippen LogP contribution in [0.25, 0.3) is 0 Å². The van der Waals surface area contributed by atoms with Crippen LogP contribution in [0.5, 0.6) is 0 Å². The fourth-order valence-electron chi connectivity index (χ4n) is 4.49. The Morgan fingerprint density at radius 1 is 1.22 bits per heavy atom. The van der Waals surface area contributed by atoms with E-state index in [4.69, 9.17) is 10.5 Å². The molecule has 0 spiro atoms. The third-order valence-electron chi connectivity index (χ3n) is 6.26. The Morgan fingerprint density at radius 2 is 1.94 bits per heavy atom. The monoisotopic (exact) mass is 470 g/mol. The van der Waals surface area contributed by atoms with Gasteiger partial charge in [0.05, 0.1) is 0 Å². The molecule has 4 nitrogen and oxygen atoms in total. The number of carbonyl (C=O) groups excluding carboxylic acids is 1. The number of aryl methyl sites for hydroxylation is 1. The van der Waals surface area contributed by atoms with Crippen molar-refractivity contribution in [1.29, 1.82) is 0 Å². The molecule has 1 aromatic carbocycles. The summed E-state index contributed by atoms with van der Waals surface area (Å²) >= 11 is 1.84. The van der Waals surface area contributed by atoms with Gasteiger partial charge in [0.1, 0.15) is 6.10 Å². The van der Waals surface area contributed by atoms with Crippen molar-refractivity contribution >= 4 is 17.7 Å². The van der Waals surface area contributed by atoms with Crippen molar-refractivity contribution in [3.63, 3.8) is 0 Å². The number of carbonyl (C=O) groups is 1. The number of benzene rings is 1. The fraction of sp³-hybridized carbons (Fsp3) is 0.625.